The molecule has 17 heavy (non-hydrogen) atoms. The maximum absolute atomic E-state index is 12.5. The van der Waals surface area contributed by atoms with Crippen molar-refractivity contribution in [3.05, 3.63) is 34.4 Å². The summed E-state index contributed by atoms with van der Waals surface area (Å²) < 4.78 is 62.4. The van der Waals surface area contributed by atoms with Crippen molar-refractivity contribution in [1.82, 2.24) is 0 Å². The molecule has 0 aliphatic carbocycles. The molecule has 1 aromatic carbocycles. The van der Waals surface area contributed by atoms with Crippen LogP contribution in [0, 0.1) is 0 Å². The fourth-order valence-electron chi connectivity index (χ4n) is 1.37. The molecule has 0 amide bonds. The zero-order chi connectivity index (χ0) is 13.2. The Balaban J connectivity index is 3.65. The van der Waals surface area contributed by atoms with Gasteiger partial charge in [-0.05, 0) is 6.07 Å². The van der Waals surface area contributed by atoms with E-state index in [1.54, 1.807) is 0 Å². The van der Waals surface area contributed by atoms with Crippen molar-refractivity contribution < 1.29 is 31.5 Å². The predicted octanol–water partition coefficient (Wildman–Crippen LogP) is 3.27. The first-order chi connectivity index (χ1) is 7.82. The van der Waals surface area contributed by atoms with Crippen molar-refractivity contribution in [3.63, 3.8) is 0 Å². The monoisotopic (exact) mass is 252 g/mol. The molecule has 0 aliphatic rings. The minimum atomic E-state index is -5.01. The molecule has 2 nitrogen and oxygen atoms in total. The van der Waals surface area contributed by atoms with Gasteiger partial charge in [-0.25, -0.2) is 8.78 Å². The lowest BCUT2D eigenvalue weighted by molar-refractivity contribution is -0.139. The number of hydrogen-bond donors (Lipinski definition) is 0. The van der Waals surface area contributed by atoms with Gasteiger partial charge in [-0.2, -0.15) is 13.2 Å². The molecule has 0 N–H and O–H groups in total. The molecule has 0 radical (unpaired) electrons. The molecular weight excluding hydrogens is 247 g/mol. The SMILES string of the molecule is O=Cc1ccc(C(F)(F)F)c(C(F)F)c1C=O. The van der Waals surface area contributed by atoms with Crippen LogP contribution in [0.15, 0.2) is 12.1 Å². The Morgan fingerprint density at radius 3 is 2.00 bits per heavy atom. The van der Waals surface area contributed by atoms with E-state index in [4.69, 9.17) is 0 Å². The molecule has 0 saturated heterocycles. The molecule has 0 heterocycles. The number of alkyl halides is 5. The van der Waals surface area contributed by atoms with Crippen LogP contribution >= 0.6 is 0 Å². The molecule has 0 fully saturated rings. The van der Waals surface area contributed by atoms with E-state index in [1.807, 2.05) is 0 Å². The molecule has 0 bridgehead atoms. The van der Waals surface area contributed by atoms with Crippen LogP contribution in [0.3, 0.4) is 0 Å². The van der Waals surface area contributed by atoms with Crippen molar-refractivity contribution >= 4 is 12.6 Å². The van der Waals surface area contributed by atoms with Gasteiger partial charge in [-0.15, -0.1) is 0 Å². The van der Waals surface area contributed by atoms with Gasteiger partial charge in [-0.1, -0.05) is 6.07 Å². The first kappa shape index (κ1) is 13.3. The fraction of sp³-hybridized carbons (Fsp3) is 0.200. The van der Waals surface area contributed by atoms with Crippen molar-refractivity contribution in [2.45, 2.75) is 12.6 Å². The summed E-state index contributed by atoms with van der Waals surface area (Å²) in [6, 6.07) is 1.05. The summed E-state index contributed by atoms with van der Waals surface area (Å²) in [6.45, 7) is 0. The van der Waals surface area contributed by atoms with Gasteiger partial charge in [0.15, 0.2) is 12.6 Å². The quantitative estimate of drug-likeness (QED) is 0.611. The first-order valence-corrected chi connectivity index (χ1v) is 4.25. The van der Waals surface area contributed by atoms with Crippen LogP contribution in [-0.4, -0.2) is 12.6 Å². The third-order valence-corrected chi connectivity index (χ3v) is 2.09. The lowest BCUT2D eigenvalue weighted by Crippen LogP contribution is -2.13. The second-order valence-electron chi connectivity index (χ2n) is 3.06. The van der Waals surface area contributed by atoms with Gasteiger partial charge in [0.1, 0.15) is 0 Å². The second kappa shape index (κ2) is 4.60. The summed E-state index contributed by atoms with van der Waals surface area (Å²) in [4.78, 5) is 21.0. The number of rotatable bonds is 3. The van der Waals surface area contributed by atoms with Crippen molar-refractivity contribution in [1.29, 1.82) is 0 Å². The molecule has 0 atom stereocenters. The first-order valence-electron chi connectivity index (χ1n) is 4.25. The van der Waals surface area contributed by atoms with Gasteiger partial charge < -0.3 is 0 Å². The lowest BCUT2D eigenvalue weighted by Gasteiger charge is -2.15. The van der Waals surface area contributed by atoms with E-state index >= 15 is 0 Å². The van der Waals surface area contributed by atoms with Gasteiger partial charge in [0.25, 0.3) is 6.43 Å². The number of benzene rings is 1. The highest BCUT2D eigenvalue weighted by molar-refractivity contribution is 5.92. The zero-order valence-electron chi connectivity index (χ0n) is 8.09. The van der Waals surface area contributed by atoms with E-state index in [9.17, 15) is 31.5 Å². The number of carbonyl (C=O) groups is 2. The van der Waals surface area contributed by atoms with Crippen LogP contribution in [0.25, 0.3) is 0 Å². The van der Waals surface area contributed by atoms with Crippen LogP contribution in [-0.2, 0) is 6.18 Å². The second-order valence-corrected chi connectivity index (χ2v) is 3.06. The number of carbonyl (C=O) groups excluding carboxylic acids is 2. The Labute approximate surface area is 92.0 Å². The van der Waals surface area contributed by atoms with Crippen molar-refractivity contribution in [3.8, 4) is 0 Å². The lowest BCUT2D eigenvalue weighted by atomic mass is 9.97. The molecule has 0 aliphatic heterocycles. The Bertz CT molecular complexity index is 451. The molecule has 0 unspecified atom stereocenters. The highest BCUT2D eigenvalue weighted by Gasteiger charge is 2.37. The smallest absolute Gasteiger partial charge is 0.298 e. The van der Waals surface area contributed by atoms with E-state index in [-0.39, 0.29) is 12.6 Å². The zero-order valence-corrected chi connectivity index (χ0v) is 8.09. The molecule has 1 rings (SSSR count). The summed E-state index contributed by atoms with van der Waals surface area (Å²) in [6.07, 6.45) is -8.63. The number of aldehydes is 2. The van der Waals surface area contributed by atoms with E-state index in [0.29, 0.717) is 12.1 Å². The van der Waals surface area contributed by atoms with Gasteiger partial charge in [0.2, 0.25) is 0 Å². The van der Waals surface area contributed by atoms with E-state index in [2.05, 4.69) is 0 Å². The molecule has 0 spiro atoms. The third kappa shape index (κ3) is 2.48. The average molecular weight is 252 g/mol. The Hall–Kier alpha value is -1.79. The minimum Gasteiger partial charge on any atom is -0.298 e. The van der Waals surface area contributed by atoms with Crippen molar-refractivity contribution in [2.75, 3.05) is 0 Å². The molecule has 1 aromatic rings. The highest BCUT2D eigenvalue weighted by Crippen LogP contribution is 2.38. The van der Waals surface area contributed by atoms with Gasteiger partial charge in [-0.3, -0.25) is 9.59 Å². The Morgan fingerprint density at radius 2 is 1.65 bits per heavy atom. The highest BCUT2D eigenvalue weighted by atomic mass is 19.4. The summed E-state index contributed by atoms with van der Waals surface area (Å²) in [7, 11) is 0. The molecule has 7 heteroatoms. The van der Waals surface area contributed by atoms with Crippen LogP contribution in [0.5, 0.6) is 0 Å². The molecule has 0 saturated carbocycles. The van der Waals surface area contributed by atoms with Crippen LogP contribution in [0.2, 0.25) is 0 Å². The Morgan fingerprint density at radius 1 is 1.06 bits per heavy atom. The molecular formula is C10H5F5O2. The topological polar surface area (TPSA) is 34.1 Å². The van der Waals surface area contributed by atoms with Crippen LogP contribution in [0.4, 0.5) is 22.0 Å². The van der Waals surface area contributed by atoms with E-state index in [0.717, 1.165) is 0 Å². The predicted molar refractivity (Wildman–Crippen MR) is 47.2 cm³/mol. The third-order valence-electron chi connectivity index (χ3n) is 2.09. The largest absolute Gasteiger partial charge is 0.416 e. The Kier molecular flexibility index (Phi) is 3.59. The maximum atomic E-state index is 12.5. The summed E-state index contributed by atoms with van der Waals surface area (Å²) in [5, 5.41) is 0. The fourth-order valence-corrected chi connectivity index (χ4v) is 1.37. The number of halogens is 5. The average Bonchev–Trinajstić information content (AvgIpc) is 2.25. The van der Waals surface area contributed by atoms with Gasteiger partial charge >= 0.3 is 6.18 Å². The molecule has 92 valence electrons. The summed E-state index contributed by atoms with van der Waals surface area (Å²) >= 11 is 0. The van der Waals surface area contributed by atoms with Crippen LogP contribution < -0.4 is 0 Å². The van der Waals surface area contributed by atoms with E-state index < -0.39 is 34.9 Å². The normalized spacial score (nSPS) is 11.6. The standard InChI is InChI=1S/C10H5F5O2/c11-9(12)8-6(4-17)5(3-16)1-2-7(8)10(13,14)15/h1-4,9H. The van der Waals surface area contributed by atoms with Crippen LogP contribution in [0.1, 0.15) is 38.3 Å². The molecule has 0 aromatic heterocycles. The maximum Gasteiger partial charge on any atom is 0.416 e. The number of hydrogen-bond acceptors (Lipinski definition) is 2. The van der Waals surface area contributed by atoms with Gasteiger partial charge in [0.05, 0.1) is 5.56 Å². The summed E-state index contributed by atoms with van der Waals surface area (Å²) in [5.41, 5.74) is -4.49. The van der Waals surface area contributed by atoms with Crippen molar-refractivity contribution in [2.24, 2.45) is 0 Å². The van der Waals surface area contributed by atoms with Gasteiger partial charge in [0, 0.05) is 16.7 Å². The minimum absolute atomic E-state index is 0.0514. The van der Waals surface area contributed by atoms with E-state index in [1.165, 1.54) is 0 Å². The summed E-state index contributed by atoms with van der Waals surface area (Å²) in [5.74, 6) is 0.